The van der Waals surface area contributed by atoms with Gasteiger partial charge in [-0.2, -0.15) is 13.2 Å². The molecule has 2 nitrogen and oxygen atoms in total. The minimum absolute atomic E-state index is 0.00887. The molecule has 84 valence electrons. The highest BCUT2D eigenvalue weighted by atomic mass is 19.4. The number of benzene rings is 1. The lowest BCUT2D eigenvalue weighted by atomic mass is 10.1. The molecule has 0 radical (unpaired) electrons. The molecule has 1 heterocycles. The van der Waals surface area contributed by atoms with E-state index < -0.39 is 11.7 Å². The zero-order chi connectivity index (χ0) is 11.8. The SMILES string of the molecule is Cc1cnc(-c2ccccc2C(F)(F)F)o1. The highest BCUT2D eigenvalue weighted by Gasteiger charge is 2.34. The van der Waals surface area contributed by atoms with E-state index >= 15 is 0 Å². The molecule has 0 unspecified atom stereocenters. The van der Waals surface area contributed by atoms with Crippen LogP contribution in [0.1, 0.15) is 11.3 Å². The number of oxazole rings is 1. The van der Waals surface area contributed by atoms with E-state index in [0.29, 0.717) is 5.76 Å². The number of nitrogens with zero attached hydrogens (tertiary/aromatic N) is 1. The predicted octanol–water partition coefficient (Wildman–Crippen LogP) is 3.67. The summed E-state index contributed by atoms with van der Waals surface area (Å²) in [7, 11) is 0. The van der Waals surface area contributed by atoms with Crippen LogP contribution in [0.5, 0.6) is 0 Å². The van der Waals surface area contributed by atoms with Crippen molar-refractivity contribution in [2.24, 2.45) is 0 Å². The van der Waals surface area contributed by atoms with E-state index in [2.05, 4.69) is 4.98 Å². The van der Waals surface area contributed by atoms with Crippen LogP contribution in [-0.2, 0) is 6.18 Å². The molecule has 0 aliphatic heterocycles. The van der Waals surface area contributed by atoms with Gasteiger partial charge in [-0.05, 0) is 19.1 Å². The van der Waals surface area contributed by atoms with Gasteiger partial charge in [-0.1, -0.05) is 12.1 Å². The van der Waals surface area contributed by atoms with E-state index in [1.54, 1.807) is 6.92 Å². The van der Waals surface area contributed by atoms with Gasteiger partial charge in [0.2, 0.25) is 5.89 Å². The highest BCUT2D eigenvalue weighted by molar-refractivity contribution is 5.59. The minimum Gasteiger partial charge on any atom is -0.441 e. The van der Waals surface area contributed by atoms with Gasteiger partial charge in [-0.25, -0.2) is 4.98 Å². The van der Waals surface area contributed by atoms with E-state index in [9.17, 15) is 13.2 Å². The van der Waals surface area contributed by atoms with Gasteiger partial charge in [0.25, 0.3) is 0 Å². The van der Waals surface area contributed by atoms with Crippen LogP contribution in [-0.4, -0.2) is 4.98 Å². The highest BCUT2D eigenvalue weighted by Crippen LogP contribution is 2.36. The van der Waals surface area contributed by atoms with Crippen molar-refractivity contribution in [1.82, 2.24) is 4.98 Å². The van der Waals surface area contributed by atoms with Crippen molar-refractivity contribution in [1.29, 1.82) is 0 Å². The van der Waals surface area contributed by atoms with Crippen LogP contribution in [0.25, 0.3) is 11.5 Å². The summed E-state index contributed by atoms with van der Waals surface area (Å²) in [6, 6.07) is 5.20. The fourth-order valence-electron chi connectivity index (χ4n) is 1.40. The van der Waals surface area contributed by atoms with Crippen LogP contribution >= 0.6 is 0 Å². The maximum Gasteiger partial charge on any atom is 0.417 e. The summed E-state index contributed by atoms with van der Waals surface area (Å²) in [5, 5.41) is 0. The van der Waals surface area contributed by atoms with Crippen LogP contribution in [0.4, 0.5) is 13.2 Å². The fraction of sp³-hybridized carbons (Fsp3) is 0.182. The van der Waals surface area contributed by atoms with Crippen molar-refractivity contribution >= 4 is 0 Å². The lowest BCUT2D eigenvalue weighted by Crippen LogP contribution is -2.06. The third-order valence-corrected chi connectivity index (χ3v) is 2.08. The molecule has 0 spiro atoms. The first-order valence-corrected chi connectivity index (χ1v) is 4.57. The molecule has 0 aliphatic rings. The van der Waals surface area contributed by atoms with E-state index in [1.807, 2.05) is 0 Å². The number of hydrogen-bond donors (Lipinski definition) is 0. The molecule has 1 aromatic carbocycles. The average Bonchev–Trinajstić information content (AvgIpc) is 2.64. The number of hydrogen-bond acceptors (Lipinski definition) is 2. The van der Waals surface area contributed by atoms with Gasteiger partial charge in [0.05, 0.1) is 11.8 Å². The number of aromatic nitrogens is 1. The molecular formula is C11H8F3NO. The Bertz CT molecular complexity index is 502. The molecule has 1 aromatic heterocycles. The smallest absolute Gasteiger partial charge is 0.417 e. The van der Waals surface area contributed by atoms with Gasteiger partial charge in [0.15, 0.2) is 0 Å². The molecule has 0 aliphatic carbocycles. The average molecular weight is 227 g/mol. The van der Waals surface area contributed by atoms with Gasteiger partial charge >= 0.3 is 6.18 Å². The quantitative estimate of drug-likeness (QED) is 0.742. The first-order chi connectivity index (χ1) is 7.48. The fourth-order valence-corrected chi connectivity index (χ4v) is 1.40. The molecule has 2 aromatic rings. The van der Waals surface area contributed by atoms with Gasteiger partial charge in [-0.15, -0.1) is 0 Å². The summed E-state index contributed by atoms with van der Waals surface area (Å²) in [4.78, 5) is 3.79. The standard InChI is InChI=1S/C11H8F3NO/c1-7-6-15-10(16-7)8-4-2-3-5-9(8)11(12,13)14/h2-6H,1H3. The molecule has 0 N–H and O–H groups in total. The van der Waals surface area contributed by atoms with Crippen molar-refractivity contribution in [3.05, 3.63) is 41.8 Å². The second-order valence-electron chi connectivity index (χ2n) is 3.32. The monoisotopic (exact) mass is 227 g/mol. The first-order valence-electron chi connectivity index (χ1n) is 4.57. The molecule has 5 heteroatoms. The number of alkyl halides is 3. The van der Waals surface area contributed by atoms with E-state index in [0.717, 1.165) is 6.07 Å². The number of aryl methyl sites for hydroxylation is 1. The van der Waals surface area contributed by atoms with Crippen molar-refractivity contribution in [2.45, 2.75) is 13.1 Å². The molecule has 0 atom stereocenters. The van der Waals surface area contributed by atoms with Crippen LogP contribution in [0.2, 0.25) is 0 Å². The van der Waals surface area contributed by atoms with Gasteiger partial charge in [0.1, 0.15) is 5.76 Å². The Morgan fingerprint density at radius 1 is 1.19 bits per heavy atom. The summed E-state index contributed by atoms with van der Waals surface area (Å²) >= 11 is 0. The van der Waals surface area contributed by atoms with E-state index in [1.165, 1.54) is 24.4 Å². The second kappa shape index (κ2) is 3.66. The Morgan fingerprint density at radius 3 is 2.44 bits per heavy atom. The Labute approximate surface area is 89.7 Å². The van der Waals surface area contributed by atoms with Gasteiger partial charge in [0, 0.05) is 5.56 Å². The summed E-state index contributed by atoms with van der Waals surface area (Å²) in [6.45, 7) is 1.63. The summed E-state index contributed by atoms with van der Waals surface area (Å²) in [5.74, 6) is 0.470. The molecule has 0 bridgehead atoms. The van der Waals surface area contributed by atoms with Crippen molar-refractivity contribution in [2.75, 3.05) is 0 Å². The Kier molecular flexibility index (Phi) is 2.46. The molecular weight excluding hydrogens is 219 g/mol. The topological polar surface area (TPSA) is 26.0 Å². The third-order valence-electron chi connectivity index (χ3n) is 2.08. The molecule has 0 saturated carbocycles. The Balaban J connectivity index is 2.57. The minimum atomic E-state index is -4.40. The zero-order valence-electron chi connectivity index (χ0n) is 8.38. The van der Waals surface area contributed by atoms with E-state index in [-0.39, 0.29) is 11.5 Å². The largest absolute Gasteiger partial charge is 0.441 e. The van der Waals surface area contributed by atoms with Crippen LogP contribution in [0, 0.1) is 6.92 Å². The van der Waals surface area contributed by atoms with E-state index in [4.69, 9.17) is 4.42 Å². The zero-order valence-corrected chi connectivity index (χ0v) is 8.38. The summed E-state index contributed by atoms with van der Waals surface area (Å²) in [5.41, 5.74) is -0.778. The maximum atomic E-state index is 12.7. The molecule has 0 fully saturated rings. The van der Waals surface area contributed by atoms with Crippen LogP contribution < -0.4 is 0 Å². The molecule has 16 heavy (non-hydrogen) atoms. The van der Waals surface area contributed by atoms with Gasteiger partial charge < -0.3 is 4.42 Å². The van der Waals surface area contributed by atoms with Crippen molar-refractivity contribution < 1.29 is 17.6 Å². The molecule has 2 rings (SSSR count). The third kappa shape index (κ3) is 1.93. The predicted molar refractivity (Wildman–Crippen MR) is 51.7 cm³/mol. The van der Waals surface area contributed by atoms with Crippen molar-refractivity contribution in [3.63, 3.8) is 0 Å². The molecule has 0 amide bonds. The van der Waals surface area contributed by atoms with Gasteiger partial charge in [-0.3, -0.25) is 0 Å². The summed E-state index contributed by atoms with van der Waals surface area (Å²) in [6.07, 6.45) is -3.01. The normalized spacial score (nSPS) is 11.8. The Hall–Kier alpha value is -1.78. The number of halogens is 3. The number of rotatable bonds is 1. The van der Waals surface area contributed by atoms with Crippen LogP contribution in [0.3, 0.4) is 0 Å². The van der Waals surface area contributed by atoms with Crippen LogP contribution in [0.15, 0.2) is 34.9 Å². The Morgan fingerprint density at radius 2 is 1.88 bits per heavy atom. The lowest BCUT2D eigenvalue weighted by molar-refractivity contribution is -0.137. The second-order valence-corrected chi connectivity index (χ2v) is 3.32. The molecule has 0 saturated heterocycles. The first kappa shape index (κ1) is 10.7. The lowest BCUT2D eigenvalue weighted by Gasteiger charge is -2.09. The maximum absolute atomic E-state index is 12.7. The summed E-state index contributed by atoms with van der Waals surface area (Å²) < 4.78 is 43.1. The van der Waals surface area contributed by atoms with Crippen molar-refractivity contribution in [3.8, 4) is 11.5 Å².